The zero-order valence-electron chi connectivity index (χ0n) is 10.8. The van der Waals surface area contributed by atoms with Crippen LogP contribution in [-0.4, -0.2) is 10.7 Å². The molecular weight excluding hydrogens is 362 g/mol. The molecule has 2 aromatic carbocycles. The van der Waals surface area contributed by atoms with E-state index in [1.807, 2.05) is 0 Å². The van der Waals surface area contributed by atoms with Gasteiger partial charge < -0.3 is 4.74 Å². The Morgan fingerprint density at radius 3 is 2.57 bits per heavy atom. The second kappa shape index (κ2) is 6.24. The van der Waals surface area contributed by atoms with Gasteiger partial charge >= 0.3 is 0 Å². The van der Waals surface area contributed by atoms with Crippen molar-refractivity contribution in [2.75, 3.05) is 0 Å². The Morgan fingerprint density at radius 2 is 2.00 bits per heavy atom. The summed E-state index contributed by atoms with van der Waals surface area (Å²) in [5, 5.41) is 11.0. The average molecular weight is 371 g/mol. The first kappa shape index (κ1) is 15.5. The van der Waals surface area contributed by atoms with Gasteiger partial charge in [0.15, 0.2) is 5.78 Å². The predicted octanol–water partition coefficient (Wildman–Crippen LogP) is 5.01. The van der Waals surface area contributed by atoms with Gasteiger partial charge in [-0.25, -0.2) is 0 Å². The Kier molecular flexibility index (Phi) is 4.59. The maximum absolute atomic E-state index is 11.3. The molecule has 7 heteroatoms. The summed E-state index contributed by atoms with van der Waals surface area (Å²) in [4.78, 5) is 21.6. The lowest BCUT2D eigenvalue weighted by molar-refractivity contribution is -0.384. The first-order valence-corrected chi connectivity index (χ1v) is 6.98. The van der Waals surface area contributed by atoms with E-state index >= 15 is 0 Å². The highest BCUT2D eigenvalue weighted by atomic mass is 79.9. The lowest BCUT2D eigenvalue weighted by atomic mass is 10.1. The largest absolute Gasteiger partial charge is 0.456 e. The molecular formula is C14H9BrClNO4. The zero-order chi connectivity index (χ0) is 15.6. The quantitative estimate of drug-likeness (QED) is 0.431. The standard InChI is InChI=1S/C14H9BrClNO4/c1-8(18)11-4-3-10(7-13(11)16)21-14-6-9(17(19)20)2-5-12(14)15/h2-7H,1H3. The number of hydrogen-bond acceptors (Lipinski definition) is 4. The number of non-ortho nitro benzene ring substituents is 1. The zero-order valence-corrected chi connectivity index (χ0v) is 13.1. The number of benzene rings is 2. The first-order chi connectivity index (χ1) is 9.88. The van der Waals surface area contributed by atoms with Crippen molar-refractivity contribution < 1.29 is 14.5 Å². The summed E-state index contributed by atoms with van der Waals surface area (Å²) in [6.07, 6.45) is 0. The van der Waals surface area contributed by atoms with Crippen LogP contribution in [0.3, 0.4) is 0 Å². The molecule has 108 valence electrons. The molecule has 0 aliphatic heterocycles. The van der Waals surface area contributed by atoms with E-state index in [1.165, 1.54) is 31.2 Å². The van der Waals surface area contributed by atoms with Crippen LogP contribution in [0.15, 0.2) is 40.9 Å². The van der Waals surface area contributed by atoms with Crippen molar-refractivity contribution in [3.05, 3.63) is 61.6 Å². The van der Waals surface area contributed by atoms with Crippen LogP contribution < -0.4 is 4.74 Å². The molecule has 5 nitrogen and oxygen atoms in total. The number of nitro groups is 1. The van der Waals surface area contributed by atoms with Crippen LogP contribution in [0.1, 0.15) is 17.3 Å². The molecule has 0 amide bonds. The third kappa shape index (κ3) is 3.59. The molecule has 0 bridgehead atoms. The molecule has 0 atom stereocenters. The fraction of sp³-hybridized carbons (Fsp3) is 0.0714. The molecule has 21 heavy (non-hydrogen) atoms. The normalized spacial score (nSPS) is 10.2. The van der Waals surface area contributed by atoms with Crippen LogP contribution in [0, 0.1) is 10.1 Å². The highest BCUT2D eigenvalue weighted by Gasteiger charge is 2.12. The molecule has 0 saturated carbocycles. The molecule has 0 heterocycles. The Labute approximate surface area is 133 Å². The van der Waals surface area contributed by atoms with Crippen molar-refractivity contribution in [1.82, 2.24) is 0 Å². The number of carbonyl (C=O) groups excluding carboxylic acids is 1. The Balaban J connectivity index is 2.34. The average Bonchev–Trinajstić information content (AvgIpc) is 2.40. The van der Waals surface area contributed by atoms with Crippen LogP contribution >= 0.6 is 27.5 Å². The number of nitrogens with zero attached hydrogens (tertiary/aromatic N) is 1. The van der Waals surface area contributed by atoms with E-state index in [-0.39, 0.29) is 22.2 Å². The van der Waals surface area contributed by atoms with Gasteiger partial charge in [0.05, 0.1) is 20.5 Å². The molecule has 0 fully saturated rings. The monoisotopic (exact) mass is 369 g/mol. The molecule has 0 aromatic heterocycles. The molecule has 0 aliphatic carbocycles. The lowest BCUT2D eigenvalue weighted by Gasteiger charge is -2.09. The van der Waals surface area contributed by atoms with Gasteiger partial charge in [0.2, 0.25) is 0 Å². The Bertz CT molecular complexity index is 733. The van der Waals surface area contributed by atoms with Gasteiger partial charge in [0.25, 0.3) is 5.69 Å². The summed E-state index contributed by atoms with van der Waals surface area (Å²) in [5.41, 5.74) is 0.307. The van der Waals surface area contributed by atoms with Crippen LogP contribution in [0.4, 0.5) is 5.69 Å². The van der Waals surface area contributed by atoms with Gasteiger partial charge in [0, 0.05) is 17.7 Å². The summed E-state index contributed by atoms with van der Waals surface area (Å²) in [6, 6.07) is 8.81. The molecule has 0 N–H and O–H groups in total. The Hall–Kier alpha value is -1.92. The van der Waals surface area contributed by atoms with Gasteiger partial charge in [-0.1, -0.05) is 11.6 Å². The number of hydrogen-bond donors (Lipinski definition) is 0. The van der Waals surface area contributed by atoms with E-state index in [0.29, 0.717) is 15.8 Å². The van der Waals surface area contributed by atoms with Crippen molar-refractivity contribution in [3.8, 4) is 11.5 Å². The van der Waals surface area contributed by atoms with Crippen molar-refractivity contribution in [2.24, 2.45) is 0 Å². The van der Waals surface area contributed by atoms with E-state index < -0.39 is 4.92 Å². The van der Waals surface area contributed by atoms with Crippen LogP contribution in [0.5, 0.6) is 11.5 Å². The number of nitro benzene ring substituents is 1. The van der Waals surface area contributed by atoms with Crippen LogP contribution in [-0.2, 0) is 0 Å². The fourth-order valence-electron chi connectivity index (χ4n) is 1.66. The second-order valence-corrected chi connectivity index (χ2v) is 5.43. The number of ketones is 1. The van der Waals surface area contributed by atoms with Gasteiger partial charge in [-0.15, -0.1) is 0 Å². The van der Waals surface area contributed by atoms with Crippen LogP contribution in [0.2, 0.25) is 5.02 Å². The van der Waals surface area contributed by atoms with E-state index in [0.717, 1.165) is 0 Å². The summed E-state index contributed by atoms with van der Waals surface area (Å²) in [6.45, 7) is 1.42. The molecule has 2 aromatic rings. The molecule has 0 saturated heterocycles. The SMILES string of the molecule is CC(=O)c1ccc(Oc2cc([N+](=O)[O-])ccc2Br)cc1Cl. The maximum atomic E-state index is 11.3. The minimum absolute atomic E-state index is 0.0837. The third-order valence-corrected chi connectivity index (χ3v) is 3.64. The molecule has 2 rings (SSSR count). The minimum atomic E-state index is -0.509. The summed E-state index contributed by atoms with van der Waals surface area (Å²) in [5.74, 6) is 0.519. The summed E-state index contributed by atoms with van der Waals surface area (Å²) < 4.78 is 6.14. The van der Waals surface area contributed by atoms with Gasteiger partial charge in [-0.05, 0) is 41.1 Å². The van der Waals surface area contributed by atoms with Crippen molar-refractivity contribution in [3.63, 3.8) is 0 Å². The maximum Gasteiger partial charge on any atom is 0.273 e. The highest BCUT2D eigenvalue weighted by molar-refractivity contribution is 9.10. The van der Waals surface area contributed by atoms with Gasteiger partial charge in [-0.3, -0.25) is 14.9 Å². The molecule has 0 spiro atoms. The van der Waals surface area contributed by atoms with E-state index in [2.05, 4.69) is 15.9 Å². The lowest BCUT2D eigenvalue weighted by Crippen LogP contribution is -1.94. The molecule has 0 radical (unpaired) electrons. The van der Waals surface area contributed by atoms with Crippen molar-refractivity contribution in [1.29, 1.82) is 0 Å². The van der Waals surface area contributed by atoms with Crippen molar-refractivity contribution in [2.45, 2.75) is 6.92 Å². The predicted molar refractivity (Wildman–Crippen MR) is 82.3 cm³/mol. The first-order valence-electron chi connectivity index (χ1n) is 5.81. The van der Waals surface area contributed by atoms with E-state index in [1.54, 1.807) is 12.1 Å². The molecule has 0 unspecified atom stereocenters. The topological polar surface area (TPSA) is 69.4 Å². The molecule has 0 aliphatic rings. The highest BCUT2D eigenvalue weighted by Crippen LogP contribution is 2.34. The fourth-order valence-corrected chi connectivity index (χ4v) is 2.29. The van der Waals surface area contributed by atoms with E-state index in [9.17, 15) is 14.9 Å². The number of carbonyl (C=O) groups is 1. The number of rotatable bonds is 4. The number of halogens is 2. The smallest absolute Gasteiger partial charge is 0.273 e. The summed E-state index contributed by atoms with van der Waals surface area (Å²) in [7, 11) is 0. The van der Waals surface area contributed by atoms with Gasteiger partial charge in [0.1, 0.15) is 11.5 Å². The van der Waals surface area contributed by atoms with Gasteiger partial charge in [-0.2, -0.15) is 0 Å². The van der Waals surface area contributed by atoms with E-state index in [4.69, 9.17) is 16.3 Å². The van der Waals surface area contributed by atoms with Crippen molar-refractivity contribution >= 4 is 39.0 Å². The van der Waals surface area contributed by atoms with Crippen LogP contribution in [0.25, 0.3) is 0 Å². The second-order valence-electron chi connectivity index (χ2n) is 4.17. The Morgan fingerprint density at radius 1 is 1.29 bits per heavy atom. The summed E-state index contributed by atoms with van der Waals surface area (Å²) >= 11 is 9.25. The minimum Gasteiger partial charge on any atom is -0.456 e. The number of ether oxygens (including phenoxy) is 1. The third-order valence-electron chi connectivity index (χ3n) is 2.67. The number of Topliss-reactive ketones (excluding diaryl/α,β-unsaturated/α-hetero) is 1.